The lowest BCUT2D eigenvalue weighted by atomic mass is 9.74. The number of benzene rings is 1. The summed E-state index contributed by atoms with van der Waals surface area (Å²) < 4.78 is 7.89. The molecule has 2 aliphatic heterocycles. The maximum Gasteiger partial charge on any atom is 0.270 e. The number of pyridine rings is 1. The summed E-state index contributed by atoms with van der Waals surface area (Å²) in [6.45, 7) is 2.23. The number of rotatable bonds is 1. The van der Waals surface area contributed by atoms with Crippen LogP contribution in [-0.4, -0.2) is 34.9 Å². The molecule has 0 unspecified atom stereocenters. The minimum Gasteiger partial charge on any atom is -0.493 e. The summed E-state index contributed by atoms with van der Waals surface area (Å²) in [5, 5.41) is 0. The van der Waals surface area contributed by atoms with E-state index >= 15 is 0 Å². The first kappa shape index (κ1) is 13.7. The highest BCUT2D eigenvalue weighted by Crippen LogP contribution is 2.41. The first-order valence-electron chi connectivity index (χ1n) is 8.30. The van der Waals surface area contributed by atoms with Crippen molar-refractivity contribution in [3.05, 3.63) is 72.1 Å². The van der Waals surface area contributed by atoms with Crippen LogP contribution in [0.3, 0.4) is 0 Å². The Labute approximate surface area is 140 Å². The van der Waals surface area contributed by atoms with Crippen molar-refractivity contribution < 1.29 is 9.53 Å². The molecule has 120 valence electrons. The highest BCUT2D eigenvalue weighted by atomic mass is 16.5. The standard InChI is InChI=1S/C20H18N2O2/c23-19(17-9-8-16-6-3-4-10-22(16)17)21-12-20(13-21)11-15-5-1-2-7-18(15)24-14-20/h1-10H,11-14H2. The fourth-order valence-corrected chi connectivity index (χ4v) is 3.98. The van der Waals surface area contributed by atoms with Crippen molar-refractivity contribution in [3.63, 3.8) is 0 Å². The van der Waals surface area contributed by atoms with Gasteiger partial charge < -0.3 is 14.0 Å². The Balaban J connectivity index is 1.36. The molecule has 1 saturated heterocycles. The number of para-hydroxylation sites is 1. The second-order valence-corrected chi connectivity index (χ2v) is 6.95. The Bertz CT molecular complexity index is 937. The number of carbonyl (C=O) groups excluding carboxylic acids is 1. The van der Waals surface area contributed by atoms with Crippen LogP contribution in [0.15, 0.2) is 60.8 Å². The molecule has 4 heterocycles. The van der Waals surface area contributed by atoms with E-state index in [1.807, 2.05) is 58.0 Å². The topological polar surface area (TPSA) is 34.0 Å². The highest BCUT2D eigenvalue weighted by Gasteiger charge is 2.48. The van der Waals surface area contributed by atoms with Crippen LogP contribution in [0.5, 0.6) is 5.75 Å². The van der Waals surface area contributed by atoms with Gasteiger partial charge in [-0.15, -0.1) is 0 Å². The zero-order valence-electron chi connectivity index (χ0n) is 13.3. The number of fused-ring (bicyclic) bond motifs is 2. The molecule has 0 saturated carbocycles. The first-order valence-corrected chi connectivity index (χ1v) is 8.30. The van der Waals surface area contributed by atoms with Crippen LogP contribution in [-0.2, 0) is 6.42 Å². The summed E-state index contributed by atoms with van der Waals surface area (Å²) in [4.78, 5) is 14.8. The second kappa shape index (κ2) is 4.87. The summed E-state index contributed by atoms with van der Waals surface area (Å²) in [5.74, 6) is 1.09. The van der Waals surface area contributed by atoms with Gasteiger partial charge in [0.05, 0.1) is 6.61 Å². The molecular weight excluding hydrogens is 300 g/mol. The van der Waals surface area contributed by atoms with Crippen LogP contribution in [0.2, 0.25) is 0 Å². The lowest BCUT2D eigenvalue weighted by Gasteiger charge is -2.51. The molecular formula is C20H18N2O2. The number of ether oxygens (including phenoxy) is 1. The van der Waals surface area contributed by atoms with Crippen molar-refractivity contribution in [2.24, 2.45) is 5.41 Å². The number of aromatic nitrogens is 1. The van der Waals surface area contributed by atoms with Gasteiger partial charge >= 0.3 is 0 Å². The SMILES string of the molecule is O=C(c1ccc2ccccn12)N1CC2(COc3ccccc3C2)C1. The van der Waals surface area contributed by atoms with E-state index in [2.05, 4.69) is 12.1 Å². The second-order valence-electron chi connectivity index (χ2n) is 6.95. The third-order valence-corrected chi connectivity index (χ3v) is 5.19. The summed E-state index contributed by atoms with van der Waals surface area (Å²) >= 11 is 0. The Morgan fingerprint density at radius 1 is 1.00 bits per heavy atom. The Morgan fingerprint density at radius 3 is 2.75 bits per heavy atom. The van der Waals surface area contributed by atoms with E-state index in [1.165, 1.54) is 5.56 Å². The van der Waals surface area contributed by atoms with Gasteiger partial charge in [-0.05, 0) is 42.3 Å². The molecule has 5 rings (SSSR count). The van der Waals surface area contributed by atoms with Gasteiger partial charge in [0, 0.05) is 30.2 Å². The largest absolute Gasteiger partial charge is 0.493 e. The number of carbonyl (C=O) groups is 1. The van der Waals surface area contributed by atoms with Crippen molar-refractivity contribution in [1.29, 1.82) is 0 Å². The van der Waals surface area contributed by atoms with Gasteiger partial charge in [0.1, 0.15) is 11.4 Å². The molecule has 0 aliphatic carbocycles. The smallest absolute Gasteiger partial charge is 0.270 e. The number of likely N-dealkylation sites (tertiary alicyclic amines) is 1. The number of hydrogen-bond acceptors (Lipinski definition) is 2. The van der Waals surface area contributed by atoms with Gasteiger partial charge in [-0.2, -0.15) is 0 Å². The molecule has 2 aromatic heterocycles. The molecule has 4 heteroatoms. The predicted octanol–water partition coefficient (Wildman–Crippen LogP) is 3.02. The molecule has 0 bridgehead atoms. The number of nitrogens with zero attached hydrogens (tertiary/aromatic N) is 2. The highest BCUT2D eigenvalue weighted by molar-refractivity contribution is 5.94. The average Bonchev–Trinajstić information content (AvgIpc) is 3.03. The molecule has 0 N–H and O–H groups in total. The molecule has 1 amide bonds. The fraction of sp³-hybridized carbons (Fsp3) is 0.250. The van der Waals surface area contributed by atoms with Crippen molar-refractivity contribution >= 4 is 11.4 Å². The van der Waals surface area contributed by atoms with Crippen LogP contribution >= 0.6 is 0 Å². The van der Waals surface area contributed by atoms with Crippen molar-refractivity contribution in [2.75, 3.05) is 19.7 Å². The molecule has 1 aromatic carbocycles. The Morgan fingerprint density at radius 2 is 1.83 bits per heavy atom. The van der Waals surface area contributed by atoms with Gasteiger partial charge in [0.15, 0.2) is 0 Å². The summed E-state index contributed by atoms with van der Waals surface area (Å²) in [6.07, 6.45) is 2.93. The van der Waals surface area contributed by atoms with Crippen LogP contribution in [0.1, 0.15) is 16.1 Å². The van der Waals surface area contributed by atoms with Crippen molar-refractivity contribution in [2.45, 2.75) is 6.42 Å². The van der Waals surface area contributed by atoms with Gasteiger partial charge in [-0.25, -0.2) is 0 Å². The van der Waals surface area contributed by atoms with E-state index in [9.17, 15) is 4.79 Å². The van der Waals surface area contributed by atoms with Crippen LogP contribution < -0.4 is 4.74 Å². The minimum atomic E-state index is 0.0804. The van der Waals surface area contributed by atoms with Crippen molar-refractivity contribution in [1.82, 2.24) is 9.30 Å². The molecule has 24 heavy (non-hydrogen) atoms. The fourth-order valence-electron chi connectivity index (χ4n) is 3.98. The van der Waals surface area contributed by atoms with Gasteiger partial charge in [-0.1, -0.05) is 24.3 Å². The van der Waals surface area contributed by atoms with Crippen molar-refractivity contribution in [3.8, 4) is 5.75 Å². The molecule has 3 aromatic rings. The van der Waals surface area contributed by atoms with Crippen LogP contribution in [0.25, 0.3) is 5.52 Å². The molecule has 0 atom stereocenters. The summed E-state index contributed by atoms with van der Waals surface area (Å²) in [7, 11) is 0. The van der Waals surface area contributed by atoms with E-state index in [0.29, 0.717) is 6.61 Å². The van der Waals surface area contributed by atoms with Crippen LogP contribution in [0, 0.1) is 5.41 Å². The molecule has 4 nitrogen and oxygen atoms in total. The Hall–Kier alpha value is -2.75. The molecule has 2 aliphatic rings. The van der Waals surface area contributed by atoms with Gasteiger partial charge in [0.2, 0.25) is 0 Å². The van der Waals surface area contributed by atoms with Gasteiger partial charge in [-0.3, -0.25) is 4.79 Å². The quantitative estimate of drug-likeness (QED) is 0.691. The summed E-state index contributed by atoms with van der Waals surface area (Å²) in [5.41, 5.74) is 3.12. The van der Waals surface area contributed by atoms with E-state index in [4.69, 9.17) is 4.74 Å². The van der Waals surface area contributed by atoms with Crippen LogP contribution in [0.4, 0.5) is 0 Å². The monoisotopic (exact) mass is 318 g/mol. The predicted molar refractivity (Wildman–Crippen MR) is 91.4 cm³/mol. The molecule has 0 radical (unpaired) electrons. The summed E-state index contributed by atoms with van der Waals surface area (Å²) in [6, 6.07) is 18.1. The lowest BCUT2D eigenvalue weighted by molar-refractivity contribution is -0.0294. The maximum absolute atomic E-state index is 12.8. The first-order chi connectivity index (χ1) is 11.7. The third-order valence-electron chi connectivity index (χ3n) is 5.19. The normalized spacial score (nSPS) is 18.1. The number of amides is 1. The minimum absolute atomic E-state index is 0.0804. The zero-order chi connectivity index (χ0) is 16.1. The number of hydrogen-bond donors (Lipinski definition) is 0. The zero-order valence-corrected chi connectivity index (χ0v) is 13.3. The molecule has 1 spiro atoms. The Kier molecular flexibility index (Phi) is 2.77. The van der Waals surface area contributed by atoms with E-state index < -0.39 is 0 Å². The van der Waals surface area contributed by atoms with E-state index in [-0.39, 0.29) is 11.3 Å². The van der Waals surface area contributed by atoms with E-state index in [1.54, 1.807) is 0 Å². The third kappa shape index (κ3) is 1.96. The van der Waals surface area contributed by atoms with E-state index in [0.717, 1.165) is 36.5 Å². The molecule has 1 fully saturated rings. The maximum atomic E-state index is 12.8. The van der Waals surface area contributed by atoms with Gasteiger partial charge in [0.25, 0.3) is 5.91 Å². The average molecular weight is 318 g/mol. The lowest BCUT2D eigenvalue weighted by Crippen LogP contribution is -2.63.